The molecule has 0 radical (unpaired) electrons. The lowest BCUT2D eigenvalue weighted by atomic mass is 9.21. The maximum Gasteiger partial charge on any atom is 0.166 e. The number of fused-ring (bicyclic) bond motifs is 4. The van der Waals surface area contributed by atoms with Crippen LogP contribution >= 0.6 is 0 Å². The molecule has 0 unspecified atom stereocenters. The molecule has 0 heterocycles. The van der Waals surface area contributed by atoms with Crippen molar-refractivity contribution in [1.82, 2.24) is 0 Å². The Morgan fingerprint density at radius 2 is 0.750 bits per heavy atom. The van der Waals surface area contributed by atoms with E-state index in [-0.39, 0.29) is 10.8 Å². The molecule has 0 aromatic carbocycles. The Morgan fingerprint density at radius 1 is 0.464 bits per heavy atom. The Balaban J connectivity index is 2.55. The summed E-state index contributed by atoms with van der Waals surface area (Å²) in [6.45, 7) is 17.6. The summed E-state index contributed by atoms with van der Waals surface area (Å²) in [7, 11) is 0. The number of carbonyl (C=O) groups is 2. The maximum atomic E-state index is 14.2. The molecule has 0 aromatic heterocycles. The second-order valence-corrected chi connectivity index (χ2v) is 9.02. The summed E-state index contributed by atoms with van der Waals surface area (Å²) in [5.41, 5.74) is 3.49. The van der Waals surface area contributed by atoms with E-state index in [0.717, 1.165) is 62.5 Å². The van der Waals surface area contributed by atoms with Gasteiger partial charge in [0.15, 0.2) is 11.6 Å². The molecule has 0 aromatic rings. The summed E-state index contributed by atoms with van der Waals surface area (Å²) < 4.78 is 0. The van der Waals surface area contributed by atoms with E-state index in [4.69, 9.17) is 0 Å². The van der Waals surface area contributed by atoms with Gasteiger partial charge in [-0.1, -0.05) is 66.5 Å². The summed E-state index contributed by atoms with van der Waals surface area (Å²) in [6.07, 6.45) is 6.93. The fourth-order valence-electron chi connectivity index (χ4n) is 9.44. The van der Waals surface area contributed by atoms with Crippen molar-refractivity contribution in [3.63, 3.8) is 0 Å². The van der Waals surface area contributed by atoms with E-state index in [2.05, 4.69) is 55.4 Å². The van der Waals surface area contributed by atoms with Crippen LogP contribution < -0.4 is 0 Å². The van der Waals surface area contributed by atoms with Gasteiger partial charge in [0.2, 0.25) is 0 Å². The van der Waals surface area contributed by atoms with Gasteiger partial charge in [-0.3, -0.25) is 9.59 Å². The molecule has 3 rings (SSSR count). The number of hydrogen-bond acceptors (Lipinski definition) is 2. The van der Waals surface area contributed by atoms with Crippen molar-refractivity contribution in [3.05, 3.63) is 22.3 Å². The van der Waals surface area contributed by atoms with E-state index in [9.17, 15) is 9.59 Å². The van der Waals surface area contributed by atoms with Crippen LogP contribution in [0.25, 0.3) is 0 Å². The molecule has 28 heavy (non-hydrogen) atoms. The predicted octanol–water partition coefficient (Wildman–Crippen LogP) is 6.98. The van der Waals surface area contributed by atoms with Crippen molar-refractivity contribution in [2.75, 3.05) is 0 Å². The quantitative estimate of drug-likeness (QED) is 0.452. The third-order valence-corrected chi connectivity index (χ3v) is 9.53. The molecule has 0 spiro atoms. The molecule has 0 amide bonds. The van der Waals surface area contributed by atoms with Crippen LogP contribution in [0.4, 0.5) is 0 Å². The molecule has 0 bridgehead atoms. The molecule has 0 aliphatic heterocycles. The van der Waals surface area contributed by atoms with Crippen LogP contribution in [0.5, 0.6) is 0 Å². The second kappa shape index (κ2) is 6.67. The average Bonchev–Trinajstić information content (AvgIpc) is 3.03. The van der Waals surface area contributed by atoms with Crippen LogP contribution in [-0.4, -0.2) is 11.6 Å². The average molecular weight is 385 g/mol. The van der Waals surface area contributed by atoms with Crippen LogP contribution in [0.2, 0.25) is 0 Å². The maximum absolute atomic E-state index is 14.2. The van der Waals surface area contributed by atoms with E-state index in [0.29, 0.717) is 11.6 Å². The Bertz CT molecular complexity index is 718. The smallest absolute Gasteiger partial charge is 0.166 e. The Kier molecular flexibility index (Phi) is 5.13. The van der Waals surface area contributed by atoms with E-state index in [1.807, 2.05) is 0 Å². The Morgan fingerprint density at radius 3 is 0.929 bits per heavy atom. The van der Waals surface area contributed by atoms with Crippen LogP contribution in [0.15, 0.2) is 22.3 Å². The minimum absolute atomic E-state index is 0.172. The Hall–Kier alpha value is -1.18. The monoisotopic (exact) mass is 384 g/mol. The highest BCUT2D eigenvalue weighted by molar-refractivity contribution is 6.17. The third kappa shape index (κ3) is 1.57. The normalized spacial score (nSPS) is 39.6. The fourth-order valence-corrected chi connectivity index (χ4v) is 9.44. The minimum Gasteiger partial charge on any atom is -0.294 e. The van der Waals surface area contributed by atoms with Crippen molar-refractivity contribution >= 4 is 11.6 Å². The van der Waals surface area contributed by atoms with Crippen LogP contribution in [0, 0.1) is 21.7 Å². The van der Waals surface area contributed by atoms with Crippen LogP contribution in [0.3, 0.4) is 0 Å². The van der Waals surface area contributed by atoms with Crippen molar-refractivity contribution in [2.45, 2.75) is 107 Å². The summed E-state index contributed by atoms with van der Waals surface area (Å²) in [5.74, 6) is 0.645. The van der Waals surface area contributed by atoms with Crippen LogP contribution in [-0.2, 0) is 9.59 Å². The number of carbonyl (C=O) groups excluding carboxylic acids is 2. The topological polar surface area (TPSA) is 34.1 Å². The lowest BCUT2D eigenvalue weighted by Crippen LogP contribution is -2.80. The summed E-state index contributed by atoms with van der Waals surface area (Å²) in [6, 6.07) is 0. The van der Waals surface area contributed by atoms with Gasteiger partial charge in [0.1, 0.15) is 0 Å². The number of rotatable bonds is 8. The SMILES string of the molecule is CCC1=C(CC)[C@@]2(CC)[C@@](CC)(C1=O)[C@]1(CC)C(=O)C(CC)=C(CC)[C@@]12CC. The molecule has 0 N–H and O–H groups in total. The van der Waals surface area contributed by atoms with Gasteiger partial charge >= 0.3 is 0 Å². The third-order valence-electron chi connectivity index (χ3n) is 9.53. The highest BCUT2D eigenvalue weighted by Gasteiger charge is 2.93. The molecule has 0 saturated heterocycles. The fraction of sp³-hybridized carbons (Fsp3) is 0.769. The number of hydrogen-bond donors (Lipinski definition) is 0. The van der Waals surface area contributed by atoms with E-state index in [1.165, 1.54) is 11.1 Å². The van der Waals surface area contributed by atoms with Gasteiger partial charge < -0.3 is 0 Å². The summed E-state index contributed by atoms with van der Waals surface area (Å²) in [4.78, 5) is 28.3. The predicted molar refractivity (Wildman–Crippen MR) is 116 cm³/mol. The highest BCUT2D eigenvalue weighted by atomic mass is 16.1. The first kappa shape index (κ1) is 21.5. The molecule has 156 valence electrons. The van der Waals surface area contributed by atoms with E-state index < -0.39 is 10.8 Å². The van der Waals surface area contributed by atoms with Gasteiger partial charge in [0.05, 0.1) is 10.8 Å². The van der Waals surface area contributed by atoms with E-state index >= 15 is 0 Å². The zero-order valence-corrected chi connectivity index (χ0v) is 19.5. The molecule has 1 fully saturated rings. The van der Waals surface area contributed by atoms with Crippen molar-refractivity contribution in [1.29, 1.82) is 0 Å². The number of Topliss-reactive ketones (excluding diaryl/α,β-unsaturated/α-hetero) is 2. The van der Waals surface area contributed by atoms with Crippen molar-refractivity contribution < 1.29 is 9.59 Å². The van der Waals surface area contributed by atoms with Gasteiger partial charge in [0, 0.05) is 10.8 Å². The lowest BCUT2D eigenvalue weighted by molar-refractivity contribution is -0.273. The molecule has 1 saturated carbocycles. The van der Waals surface area contributed by atoms with E-state index in [1.54, 1.807) is 0 Å². The zero-order chi connectivity index (χ0) is 21.1. The van der Waals surface area contributed by atoms with Crippen molar-refractivity contribution in [2.24, 2.45) is 21.7 Å². The number of ketones is 2. The zero-order valence-electron chi connectivity index (χ0n) is 19.5. The first-order valence-electron chi connectivity index (χ1n) is 11.9. The summed E-state index contributed by atoms with van der Waals surface area (Å²) in [5, 5.41) is 0. The standard InChI is InChI=1S/C26H40O2/c1-9-17-19(11-3)23(13-5)24(14-6)20(12-4)18(10-2)22(28)26(24,16-8)25(23,15-7)21(17)27/h9-16H2,1-8H3/t23-,24-,25-,26-/m1/s1. The van der Waals surface area contributed by atoms with Gasteiger partial charge in [-0.2, -0.15) is 0 Å². The first-order chi connectivity index (χ1) is 13.3. The summed E-state index contributed by atoms with van der Waals surface area (Å²) >= 11 is 0. The molecule has 2 nitrogen and oxygen atoms in total. The molecule has 4 atom stereocenters. The van der Waals surface area contributed by atoms with Gasteiger partial charge in [-0.25, -0.2) is 0 Å². The molecule has 3 aliphatic carbocycles. The van der Waals surface area contributed by atoms with Gasteiger partial charge in [-0.15, -0.1) is 0 Å². The number of allylic oxidation sites excluding steroid dienone is 4. The molecule has 3 aliphatic rings. The highest BCUT2D eigenvalue weighted by Crippen LogP contribution is 2.92. The lowest BCUT2D eigenvalue weighted by Gasteiger charge is -2.78. The molecule has 2 heteroatoms. The van der Waals surface area contributed by atoms with Crippen LogP contribution in [0.1, 0.15) is 107 Å². The largest absolute Gasteiger partial charge is 0.294 e. The second-order valence-electron chi connectivity index (χ2n) is 9.02. The van der Waals surface area contributed by atoms with Gasteiger partial charge in [0.25, 0.3) is 0 Å². The molecular weight excluding hydrogens is 344 g/mol. The van der Waals surface area contributed by atoms with Gasteiger partial charge in [-0.05, 0) is 62.5 Å². The Labute approximate surface area is 172 Å². The first-order valence-corrected chi connectivity index (χ1v) is 11.9. The van der Waals surface area contributed by atoms with Crippen molar-refractivity contribution in [3.8, 4) is 0 Å². The molecular formula is C26H40O2. The minimum atomic E-state index is -0.537.